The zero-order chi connectivity index (χ0) is 13.9. The molecule has 3 unspecified atom stereocenters. The summed E-state index contributed by atoms with van der Waals surface area (Å²) in [6, 6.07) is 0.690. The zero-order valence-electron chi connectivity index (χ0n) is 12.0. The molecule has 0 radical (unpaired) electrons. The summed E-state index contributed by atoms with van der Waals surface area (Å²) < 4.78 is 7.93. The van der Waals surface area contributed by atoms with Gasteiger partial charge in [0, 0.05) is 25.6 Å². The lowest BCUT2D eigenvalue weighted by molar-refractivity contribution is -0.0647. The third-order valence-electron chi connectivity index (χ3n) is 4.48. The third kappa shape index (κ3) is 2.71. The van der Waals surface area contributed by atoms with Gasteiger partial charge in [-0.05, 0) is 26.3 Å². The number of aromatic nitrogens is 3. The van der Waals surface area contributed by atoms with Crippen molar-refractivity contribution in [2.75, 3.05) is 19.7 Å². The van der Waals surface area contributed by atoms with Crippen molar-refractivity contribution in [2.45, 2.75) is 50.9 Å². The number of hydrazine groups is 1. The second kappa shape index (κ2) is 6.17. The van der Waals surface area contributed by atoms with Crippen LogP contribution in [0.5, 0.6) is 0 Å². The van der Waals surface area contributed by atoms with Crippen molar-refractivity contribution >= 4 is 0 Å². The Morgan fingerprint density at radius 2 is 2.50 bits per heavy atom. The molecule has 0 saturated carbocycles. The molecule has 7 heteroatoms. The van der Waals surface area contributed by atoms with Gasteiger partial charge >= 0.3 is 0 Å². The van der Waals surface area contributed by atoms with Crippen LogP contribution >= 0.6 is 0 Å². The van der Waals surface area contributed by atoms with Crippen LogP contribution in [0.4, 0.5) is 0 Å². The van der Waals surface area contributed by atoms with Gasteiger partial charge in [0.25, 0.3) is 0 Å². The summed E-state index contributed by atoms with van der Waals surface area (Å²) in [6.07, 6.45) is 5.01. The first-order chi connectivity index (χ1) is 9.81. The number of ether oxygens (including phenoxy) is 1. The highest BCUT2D eigenvalue weighted by Gasteiger charge is 2.35. The predicted molar refractivity (Wildman–Crippen MR) is 74.8 cm³/mol. The number of nitrogens with zero attached hydrogens (tertiary/aromatic N) is 4. The van der Waals surface area contributed by atoms with E-state index >= 15 is 0 Å². The molecule has 112 valence electrons. The molecule has 3 heterocycles. The van der Waals surface area contributed by atoms with Crippen LogP contribution in [0.25, 0.3) is 0 Å². The van der Waals surface area contributed by atoms with E-state index in [1.165, 1.54) is 19.4 Å². The molecule has 3 N–H and O–H groups in total. The van der Waals surface area contributed by atoms with Gasteiger partial charge in [-0.25, -0.2) is 4.98 Å². The van der Waals surface area contributed by atoms with Gasteiger partial charge in [-0.3, -0.25) is 20.9 Å². The second-order valence-electron chi connectivity index (χ2n) is 5.63. The number of fused-ring (bicyclic) bond motifs is 1. The maximum atomic E-state index is 6.03. The molecule has 20 heavy (non-hydrogen) atoms. The van der Waals surface area contributed by atoms with Gasteiger partial charge in [-0.2, -0.15) is 5.10 Å². The number of rotatable bonds is 5. The number of nitrogens with one attached hydrogen (secondary N) is 1. The molecule has 3 rings (SSSR count). The van der Waals surface area contributed by atoms with Gasteiger partial charge in [0.2, 0.25) is 0 Å². The summed E-state index contributed by atoms with van der Waals surface area (Å²) in [4.78, 5) is 6.85. The van der Waals surface area contributed by atoms with Crippen molar-refractivity contribution in [1.82, 2.24) is 25.1 Å². The van der Waals surface area contributed by atoms with E-state index < -0.39 is 0 Å². The fourth-order valence-electron chi connectivity index (χ4n) is 3.29. The fraction of sp³-hybridized carbons (Fsp3) is 0.846. The maximum absolute atomic E-state index is 6.03. The third-order valence-corrected chi connectivity index (χ3v) is 4.48. The van der Waals surface area contributed by atoms with E-state index in [-0.39, 0.29) is 12.1 Å². The van der Waals surface area contributed by atoms with Crippen molar-refractivity contribution in [3.8, 4) is 0 Å². The van der Waals surface area contributed by atoms with Crippen molar-refractivity contribution in [1.29, 1.82) is 0 Å². The molecule has 0 spiro atoms. The Hall–Kier alpha value is -1.02. The van der Waals surface area contributed by atoms with E-state index in [0.717, 1.165) is 31.9 Å². The van der Waals surface area contributed by atoms with Crippen molar-refractivity contribution in [3.05, 3.63) is 12.2 Å². The van der Waals surface area contributed by atoms with Gasteiger partial charge in [-0.15, -0.1) is 0 Å². The molecule has 2 saturated heterocycles. The number of nitrogens with two attached hydrogens (primary N) is 1. The topological polar surface area (TPSA) is 81.2 Å². The smallest absolute Gasteiger partial charge is 0.138 e. The van der Waals surface area contributed by atoms with Crippen LogP contribution in [0.1, 0.15) is 25.6 Å². The minimum Gasteiger partial charge on any atom is -0.374 e. The first-order valence-corrected chi connectivity index (χ1v) is 7.50. The van der Waals surface area contributed by atoms with Gasteiger partial charge in [0.1, 0.15) is 12.2 Å². The number of hydrogen-bond donors (Lipinski definition) is 2. The van der Waals surface area contributed by atoms with Crippen LogP contribution < -0.4 is 11.3 Å². The number of aryl methyl sites for hydroxylation is 1. The van der Waals surface area contributed by atoms with Crippen LogP contribution in [0.2, 0.25) is 0 Å². The van der Waals surface area contributed by atoms with E-state index in [1.807, 2.05) is 4.68 Å². The normalized spacial score (nSPS) is 28.5. The van der Waals surface area contributed by atoms with E-state index in [4.69, 9.17) is 10.6 Å². The molecular formula is C13H24N6O. The first kappa shape index (κ1) is 13.9. The highest BCUT2D eigenvalue weighted by Crippen LogP contribution is 2.24. The van der Waals surface area contributed by atoms with Gasteiger partial charge in [0.15, 0.2) is 0 Å². The average molecular weight is 280 g/mol. The quantitative estimate of drug-likeness (QED) is 0.561. The summed E-state index contributed by atoms with van der Waals surface area (Å²) in [5.74, 6) is 6.70. The average Bonchev–Trinajstić information content (AvgIpc) is 3.12. The standard InChI is InChI=1S/C13H24N6O/c1-2-19-13(15-9-16-19)6-11(17-14)12-7-18-5-3-4-10(18)8-20-12/h9-12,17H,2-8,14H2,1H3. The lowest BCUT2D eigenvalue weighted by atomic mass is 10.0. The van der Waals surface area contributed by atoms with E-state index in [2.05, 4.69) is 27.3 Å². The molecule has 2 aliphatic rings. The first-order valence-electron chi connectivity index (χ1n) is 7.50. The summed E-state index contributed by atoms with van der Waals surface area (Å²) in [6.45, 7) is 5.86. The summed E-state index contributed by atoms with van der Waals surface area (Å²) in [5, 5.41) is 4.21. The lowest BCUT2D eigenvalue weighted by Gasteiger charge is -2.38. The summed E-state index contributed by atoms with van der Waals surface area (Å²) in [5.41, 5.74) is 2.91. The molecular weight excluding hydrogens is 256 g/mol. The van der Waals surface area contributed by atoms with Crippen LogP contribution in [0, 0.1) is 0 Å². The molecule has 2 fully saturated rings. The molecule has 0 aliphatic carbocycles. The lowest BCUT2D eigenvalue weighted by Crippen LogP contribution is -2.56. The SMILES string of the molecule is CCn1ncnc1CC(NN)C1CN2CCCC2CO1. The molecule has 3 atom stereocenters. The van der Waals surface area contributed by atoms with Crippen molar-refractivity contribution < 1.29 is 4.74 Å². The molecule has 1 aromatic rings. The Balaban J connectivity index is 1.64. The van der Waals surface area contributed by atoms with Crippen molar-refractivity contribution in [3.63, 3.8) is 0 Å². The van der Waals surface area contributed by atoms with Gasteiger partial charge in [-0.1, -0.05) is 0 Å². The molecule has 1 aromatic heterocycles. The highest BCUT2D eigenvalue weighted by atomic mass is 16.5. The van der Waals surface area contributed by atoms with Crippen LogP contribution in [-0.4, -0.2) is 57.5 Å². The molecule has 0 amide bonds. The molecule has 7 nitrogen and oxygen atoms in total. The Morgan fingerprint density at radius 3 is 3.30 bits per heavy atom. The second-order valence-corrected chi connectivity index (χ2v) is 5.63. The van der Waals surface area contributed by atoms with Crippen LogP contribution in [-0.2, 0) is 17.7 Å². The summed E-state index contributed by atoms with van der Waals surface area (Å²) >= 11 is 0. The van der Waals surface area contributed by atoms with Crippen molar-refractivity contribution in [2.24, 2.45) is 5.84 Å². The Bertz CT molecular complexity index is 436. The molecule has 2 aliphatic heterocycles. The van der Waals surface area contributed by atoms with E-state index in [1.54, 1.807) is 6.33 Å². The van der Waals surface area contributed by atoms with Crippen LogP contribution in [0.3, 0.4) is 0 Å². The predicted octanol–water partition coefficient (Wildman–Crippen LogP) is -0.464. The Labute approximate surface area is 119 Å². The van der Waals surface area contributed by atoms with E-state index in [9.17, 15) is 0 Å². The minimum atomic E-state index is 0.0750. The molecule has 0 bridgehead atoms. The monoisotopic (exact) mass is 280 g/mol. The Kier molecular flexibility index (Phi) is 4.30. The highest BCUT2D eigenvalue weighted by molar-refractivity contribution is 4.96. The fourth-order valence-corrected chi connectivity index (χ4v) is 3.29. The minimum absolute atomic E-state index is 0.0750. The summed E-state index contributed by atoms with van der Waals surface area (Å²) in [7, 11) is 0. The molecule has 0 aromatic carbocycles. The number of hydrogen-bond acceptors (Lipinski definition) is 6. The number of morpholine rings is 1. The maximum Gasteiger partial charge on any atom is 0.138 e. The van der Waals surface area contributed by atoms with Gasteiger partial charge < -0.3 is 4.74 Å². The van der Waals surface area contributed by atoms with E-state index in [0.29, 0.717) is 6.04 Å². The van der Waals surface area contributed by atoms with Gasteiger partial charge in [0.05, 0.1) is 18.8 Å². The Morgan fingerprint density at radius 1 is 1.60 bits per heavy atom. The largest absolute Gasteiger partial charge is 0.374 e. The zero-order valence-corrected chi connectivity index (χ0v) is 12.0. The van der Waals surface area contributed by atoms with Crippen LogP contribution in [0.15, 0.2) is 6.33 Å².